The van der Waals surface area contributed by atoms with E-state index in [4.69, 9.17) is 21.0 Å². The van der Waals surface area contributed by atoms with E-state index in [1.807, 2.05) is 30.1 Å². The number of furan rings is 1. The minimum atomic E-state index is -0.200. The lowest BCUT2D eigenvalue weighted by Gasteiger charge is -2.34. The number of halogens is 1. The van der Waals surface area contributed by atoms with Crippen LogP contribution in [0, 0.1) is 0 Å². The number of piperazine rings is 1. The van der Waals surface area contributed by atoms with Gasteiger partial charge in [-0.1, -0.05) is 11.6 Å². The van der Waals surface area contributed by atoms with Crippen LogP contribution in [0.3, 0.4) is 0 Å². The maximum Gasteiger partial charge on any atom is 0.289 e. The largest absolute Gasteiger partial charge is 0.459 e. The van der Waals surface area contributed by atoms with Crippen LogP contribution in [-0.4, -0.2) is 57.3 Å². The van der Waals surface area contributed by atoms with Crippen molar-refractivity contribution in [3.05, 3.63) is 83.0 Å². The number of amides is 2. The molecule has 3 heterocycles. The number of fused-ring (bicyclic) bond motifs is 1. The molecule has 174 valence electrons. The van der Waals surface area contributed by atoms with Crippen molar-refractivity contribution in [3.8, 4) is 0 Å². The number of carbonyl (C=O) groups excluding carboxylic acids is 2. The van der Waals surface area contributed by atoms with E-state index in [2.05, 4.69) is 14.8 Å². The van der Waals surface area contributed by atoms with E-state index < -0.39 is 0 Å². The minimum Gasteiger partial charge on any atom is -0.459 e. The van der Waals surface area contributed by atoms with E-state index in [-0.39, 0.29) is 11.8 Å². The SMILES string of the molecule is Cn1c(CN2CCN(C(=O)c3ccco3)CC2)nc2cc(NC(=O)c3ccc(Cl)cc3)ccc21. The first-order valence-electron chi connectivity index (χ1n) is 11.1. The highest BCUT2D eigenvalue weighted by Crippen LogP contribution is 2.22. The van der Waals surface area contributed by atoms with E-state index in [1.54, 1.807) is 36.4 Å². The molecule has 0 bridgehead atoms. The molecule has 0 saturated carbocycles. The van der Waals surface area contributed by atoms with Crippen LogP contribution in [0.25, 0.3) is 11.0 Å². The van der Waals surface area contributed by atoms with Crippen LogP contribution in [0.15, 0.2) is 65.3 Å². The average Bonchev–Trinajstić information content (AvgIpc) is 3.48. The Kier molecular flexibility index (Phi) is 6.08. The van der Waals surface area contributed by atoms with Gasteiger partial charge in [0.15, 0.2) is 5.76 Å². The fourth-order valence-electron chi connectivity index (χ4n) is 4.14. The number of imidazole rings is 1. The van der Waals surface area contributed by atoms with Crippen LogP contribution in [0.5, 0.6) is 0 Å². The summed E-state index contributed by atoms with van der Waals surface area (Å²) >= 11 is 5.90. The molecule has 1 aliphatic rings. The fraction of sp³-hybridized carbons (Fsp3) is 0.240. The number of hydrogen-bond acceptors (Lipinski definition) is 5. The Morgan fingerprint density at radius 3 is 2.53 bits per heavy atom. The number of rotatable bonds is 5. The highest BCUT2D eigenvalue weighted by molar-refractivity contribution is 6.30. The molecule has 0 spiro atoms. The van der Waals surface area contributed by atoms with Gasteiger partial charge in [-0.15, -0.1) is 0 Å². The molecule has 2 aromatic carbocycles. The summed E-state index contributed by atoms with van der Waals surface area (Å²) in [5.41, 5.74) is 3.03. The summed E-state index contributed by atoms with van der Waals surface area (Å²) in [5.74, 6) is 1.04. The van der Waals surface area contributed by atoms with Crippen LogP contribution in [0.2, 0.25) is 5.02 Å². The lowest BCUT2D eigenvalue weighted by molar-refractivity contribution is 0.0594. The van der Waals surface area contributed by atoms with Gasteiger partial charge in [-0.25, -0.2) is 4.98 Å². The molecular formula is C25H24ClN5O3. The Balaban J connectivity index is 1.24. The maximum absolute atomic E-state index is 12.5. The Morgan fingerprint density at radius 2 is 1.82 bits per heavy atom. The molecular weight excluding hydrogens is 454 g/mol. The van der Waals surface area contributed by atoms with Crippen molar-refractivity contribution in [1.82, 2.24) is 19.4 Å². The van der Waals surface area contributed by atoms with Gasteiger partial charge >= 0.3 is 0 Å². The topological polar surface area (TPSA) is 83.6 Å². The number of nitrogens with one attached hydrogen (secondary N) is 1. The van der Waals surface area contributed by atoms with Crippen molar-refractivity contribution >= 4 is 40.1 Å². The van der Waals surface area contributed by atoms with E-state index >= 15 is 0 Å². The van der Waals surface area contributed by atoms with Gasteiger partial charge in [0.1, 0.15) is 5.82 Å². The molecule has 0 radical (unpaired) electrons. The predicted molar refractivity (Wildman–Crippen MR) is 130 cm³/mol. The first-order chi connectivity index (χ1) is 16.5. The normalized spacial score (nSPS) is 14.5. The number of aryl methyl sites for hydroxylation is 1. The van der Waals surface area contributed by atoms with Crippen LogP contribution < -0.4 is 5.32 Å². The van der Waals surface area contributed by atoms with Crippen molar-refractivity contribution in [2.45, 2.75) is 6.54 Å². The molecule has 8 nitrogen and oxygen atoms in total. The summed E-state index contributed by atoms with van der Waals surface area (Å²) in [6.45, 7) is 3.49. The second-order valence-corrected chi connectivity index (χ2v) is 8.73. The Labute approximate surface area is 201 Å². The van der Waals surface area contributed by atoms with Gasteiger partial charge < -0.3 is 19.2 Å². The van der Waals surface area contributed by atoms with E-state index in [0.717, 1.165) is 29.9 Å². The van der Waals surface area contributed by atoms with Gasteiger partial charge in [-0.2, -0.15) is 0 Å². The van der Waals surface area contributed by atoms with Crippen LogP contribution >= 0.6 is 11.6 Å². The van der Waals surface area contributed by atoms with Crippen LogP contribution in [0.4, 0.5) is 5.69 Å². The number of nitrogens with zero attached hydrogens (tertiary/aromatic N) is 4. The van der Waals surface area contributed by atoms with E-state index in [1.165, 1.54) is 6.26 Å². The van der Waals surface area contributed by atoms with Gasteiger partial charge in [-0.05, 0) is 54.6 Å². The van der Waals surface area contributed by atoms with Gasteiger partial charge in [-0.3, -0.25) is 14.5 Å². The molecule has 4 aromatic rings. The van der Waals surface area contributed by atoms with Gasteiger partial charge in [0.05, 0.1) is 23.8 Å². The van der Waals surface area contributed by atoms with Gasteiger partial charge in [0, 0.05) is 49.5 Å². The Bertz CT molecular complexity index is 1320. The van der Waals surface area contributed by atoms with Crippen molar-refractivity contribution < 1.29 is 14.0 Å². The zero-order valence-electron chi connectivity index (χ0n) is 18.7. The molecule has 34 heavy (non-hydrogen) atoms. The van der Waals surface area contributed by atoms with Crippen molar-refractivity contribution in [2.24, 2.45) is 7.05 Å². The summed E-state index contributed by atoms with van der Waals surface area (Å²) < 4.78 is 7.30. The van der Waals surface area contributed by atoms with Gasteiger partial charge in [0.2, 0.25) is 0 Å². The molecule has 1 N–H and O–H groups in total. The summed E-state index contributed by atoms with van der Waals surface area (Å²) in [6, 6.07) is 15.9. The molecule has 2 aromatic heterocycles. The summed E-state index contributed by atoms with van der Waals surface area (Å²) in [7, 11) is 1.99. The highest BCUT2D eigenvalue weighted by atomic mass is 35.5. The van der Waals surface area contributed by atoms with Crippen molar-refractivity contribution in [2.75, 3.05) is 31.5 Å². The number of aromatic nitrogens is 2. The molecule has 1 aliphatic heterocycles. The third-order valence-electron chi connectivity index (χ3n) is 6.09. The third kappa shape index (κ3) is 4.55. The smallest absolute Gasteiger partial charge is 0.289 e. The van der Waals surface area contributed by atoms with Crippen molar-refractivity contribution in [3.63, 3.8) is 0 Å². The molecule has 2 amide bonds. The second-order valence-electron chi connectivity index (χ2n) is 8.30. The fourth-order valence-corrected chi connectivity index (χ4v) is 4.26. The monoisotopic (exact) mass is 477 g/mol. The molecule has 1 fully saturated rings. The molecule has 0 atom stereocenters. The lowest BCUT2D eigenvalue weighted by Crippen LogP contribution is -2.48. The number of anilines is 1. The Hall–Kier alpha value is -3.62. The minimum absolute atomic E-state index is 0.0689. The Morgan fingerprint density at radius 1 is 1.06 bits per heavy atom. The highest BCUT2D eigenvalue weighted by Gasteiger charge is 2.24. The predicted octanol–water partition coefficient (Wildman–Crippen LogP) is 4.03. The lowest BCUT2D eigenvalue weighted by atomic mass is 10.2. The second kappa shape index (κ2) is 9.32. The maximum atomic E-state index is 12.5. The van der Waals surface area contributed by atoms with Crippen LogP contribution in [0.1, 0.15) is 26.7 Å². The summed E-state index contributed by atoms with van der Waals surface area (Å²) in [5, 5.41) is 3.51. The third-order valence-corrected chi connectivity index (χ3v) is 6.35. The first kappa shape index (κ1) is 22.2. The molecule has 9 heteroatoms. The average molecular weight is 478 g/mol. The molecule has 0 unspecified atom stereocenters. The molecule has 1 saturated heterocycles. The molecule has 0 aliphatic carbocycles. The quantitative estimate of drug-likeness (QED) is 0.469. The number of hydrogen-bond donors (Lipinski definition) is 1. The number of carbonyl (C=O) groups is 2. The van der Waals surface area contributed by atoms with E-state index in [0.29, 0.717) is 41.7 Å². The molecule has 5 rings (SSSR count). The zero-order valence-corrected chi connectivity index (χ0v) is 19.5. The van der Waals surface area contributed by atoms with Crippen LogP contribution in [-0.2, 0) is 13.6 Å². The summed E-state index contributed by atoms with van der Waals surface area (Å²) in [6.07, 6.45) is 1.52. The first-order valence-corrected chi connectivity index (χ1v) is 11.4. The summed E-state index contributed by atoms with van der Waals surface area (Å²) in [4.78, 5) is 33.9. The number of benzene rings is 2. The zero-order chi connectivity index (χ0) is 23.7. The van der Waals surface area contributed by atoms with Crippen molar-refractivity contribution in [1.29, 1.82) is 0 Å². The standard InChI is InChI=1S/C25H24ClN5O3/c1-29-21-9-8-19(27-24(32)17-4-6-18(26)7-5-17)15-20(21)28-23(29)16-30-10-12-31(13-11-30)25(33)22-3-2-14-34-22/h2-9,14-15H,10-13,16H2,1H3,(H,27,32). The van der Waals surface area contributed by atoms with Gasteiger partial charge in [0.25, 0.3) is 11.8 Å². The van der Waals surface area contributed by atoms with E-state index in [9.17, 15) is 9.59 Å².